The maximum absolute atomic E-state index is 12.7. The van der Waals surface area contributed by atoms with Crippen LogP contribution in [0.15, 0.2) is 43.0 Å². The highest BCUT2D eigenvalue weighted by Crippen LogP contribution is 2.40. The minimum Gasteiger partial charge on any atom is -0.481 e. The van der Waals surface area contributed by atoms with E-state index < -0.39 is 17.3 Å². The number of nitrogens with one attached hydrogen (secondary N) is 1. The molecule has 2 N–H and O–H groups in total. The van der Waals surface area contributed by atoms with Gasteiger partial charge in [0.05, 0.1) is 12.2 Å². The number of carboxylic acid groups (broad SMARTS) is 1. The number of fused-ring (bicyclic) bond motifs is 1. The van der Waals surface area contributed by atoms with E-state index in [1.165, 1.54) is 4.90 Å². The molecule has 2 fully saturated rings. The van der Waals surface area contributed by atoms with Gasteiger partial charge in [0.2, 0.25) is 5.91 Å². The lowest BCUT2D eigenvalue weighted by Crippen LogP contribution is -2.41. The molecule has 0 saturated carbocycles. The maximum Gasteiger partial charge on any atom is 0.314 e. The number of rotatable bonds is 3. The van der Waals surface area contributed by atoms with E-state index in [4.69, 9.17) is 0 Å². The highest BCUT2D eigenvalue weighted by Gasteiger charge is 2.60. The monoisotopic (exact) mass is 340 g/mol. The predicted octanol–water partition coefficient (Wildman–Crippen LogP) is 0.145. The summed E-state index contributed by atoms with van der Waals surface area (Å²) < 4.78 is 1.82. The first-order chi connectivity index (χ1) is 12.0. The Labute approximate surface area is 143 Å². The standard InChI is InChI=1S/C17H16N4O4/c22-14-13-7-21(9-17(13,8-19-14)16(24)25)15(23)11-1-3-12(4-2-11)20-6-5-18-10-20/h1-6,10,13H,7-9H2,(H,19,22)(H,24,25)/t13-,17+/m1/s1. The molecular formula is C17H16N4O4. The predicted molar refractivity (Wildman–Crippen MR) is 86.0 cm³/mol. The minimum absolute atomic E-state index is 0.0356. The van der Waals surface area contributed by atoms with Crippen LogP contribution in [-0.4, -0.2) is 57.0 Å². The molecule has 2 aliphatic rings. The van der Waals surface area contributed by atoms with Gasteiger partial charge < -0.3 is 19.9 Å². The lowest BCUT2D eigenvalue weighted by Gasteiger charge is -2.22. The smallest absolute Gasteiger partial charge is 0.314 e. The van der Waals surface area contributed by atoms with E-state index >= 15 is 0 Å². The Morgan fingerprint density at radius 1 is 1.28 bits per heavy atom. The summed E-state index contributed by atoms with van der Waals surface area (Å²) in [5.74, 6) is -2.30. The van der Waals surface area contributed by atoms with Crippen LogP contribution in [-0.2, 0) is 9.59 Å². The summed E-state index contributed by atoms with van der Waals surface area (Å²) >= 11 is 0. The highest BCUT2D eigenvalue weighted by molar-refractivity contribution is 5.98. The number of likely N-dealkylation sites (tertiary alicyclic amines) is 1. The van der Waals surface area contributed by atoms with Gasteiger partial charge in [0.15, 0.2) is 0 Å². The number of nitrogens with zero attached hydrogens (tertiary/aromatic N) is 3. The molecule has 1 aromatic carbocycles. The summed E-state index contributed by atoms with van der Waals surface area (Å²) in [5, 5.41) is 12.2. The summed E-state index contributed by atoms with van der Waals surface area (Å²) in [4.78, 5) is 41.8. The quantitative estimate of drug-likeness (QED) is 0.827. The number of hydrogen-bond acceptors (Lipinski definition) is 4. The van der Waals surface area contributed by atoms with Gasteiger partial charge in [-0.05, 0) is 24.3 Å². The Morgan fingerprint density at radius 2 is 2.04 bits per heavy atom. The molecule has 128 valence electrons. The van der Waals surface area contributed by atoms with Crippen molar-refractivity contribution < 1.29 is 19.5 Å². The van der Waals surface area contributed by atoms with Gasteiger partial charge in [-0.25, -0.2) is 4.98 Å². The normalized spacial score (nSPS) is 24.9. The summed E-state index contributed by atoms with van der Waals surface area (Å²) in [6.45, 7) is 0.225. The number of carbonyl (C=O) groups excluding carboxylic acids is 2. The summed E-state index contributed by atoms with van der Waals surface area (Å²) in [6, 6.07) is 6.98. The van der Waals surface area contributed by atoms with E-state index in [1.54, 1.807) is 43.0 Å². The Morgan fingerprint density at radius 3 is 2.64 bits per heavy atom. The topological polar surface area (TPSA) is 105 Å². The summed E-state index contributed by atoms with van der Waals surface area (Å²) in [7, 11) is 0. The van der Waals surface area contributed by atoms with Gasteiger partial charge in [-0.1, -0.05) is 0 Å². The second kappa shape index (κ2) is 5.44. The Kier molecular flexibility index (Phi) is 3.34. The van der Waals surface area contributed by atoms with Crippen molar-refractivity contribution in [2.75, 3.05) is 19.6 Å². The fraction of sp³-hybridized carbons (Fsp3) is 0.294. The van der Waals surface area contributed by atoms with E-state index in [9.17, 15) is 19.5 Å². The van der Waals surface area contributed by atoms with Crippen LogP contribution >= 0.6 is 0 Å². The van der Waals surface area contributed by atoms with Crippen LogP contribution in [0.2, 0.25) is 0 Å². The third kappa shape index (κ3) is 2.29. The van der Waals surface area contributed by atoms with E-state index in [0.29, 0.717) is 5.56 Å². The second-order valence-electron chi connectivity index (χ2n) is 6.43. The average Bonchev–Trinajstić information content (AvgIpc) is 3.32. The fourth-order valence-corrected chi connectivity index (χ4v) is 3.61. The fourth-order valence-electron chi connectivity index (χ4n) is 3.61. The number of hydrogen-bond donors (Lipinski definition) is 2. The summed E-state index contributed by atoms with van der Waals surface area (Å²) in [5.41, 5.74) is 0.113. The van der Waals surface area contributed by atoms with Crippen molar-refractivity contribution in [1.82, 2.24) is 19.8 Å². The molecule has 8 heteroatoms. The molecule has 25 heavy (non-hydrogen) atoms. The first-order valence-corrected chi connectivity index (χ1v) is 7.90. The lowest BCUT2D eigenvalue weighted by atomic mass is 9.81. The minimum atomic E-state index is -1.22. The number of benzene rings is 1. The van der Waals surface area contributed by atoms with Crippen LogP contribution < -0.4 is 5.32 Å². The largest absolute Gasteiger partial charge is 0.481 e. The van der Waals surface area contributed by atoms with Gasteiger partial charge in [0.1, 0.15) is 5.41 Å². The molecule has 0 radical (unpaired) electrons. The van der Waals surface area contributed by atoms with Crippen LogP contribution in [0.1, 0.15) is 10.4 Å². The molecule has 3 heterocycles. The number of aliphatic carboxylic acids is 1. The Hall–Kier alpha value is -3.16. The zero-order valence-corrected chi connectivity index (χ0v) is 13.3. The van der Waals surface area contributed by atoms with Gasteiger partial charge in [-0.2, -0.15) is 0 Å². The molecule has 0 aliphatic carbocycles. The zero-order valence-electron chi connectivity index (χ0n) is 13.3. The Balaban J connectivity index is 1.56. The van der Waals surface area contributed by atoms with Crippen molar-refractivity contribution in [3.8, 4) is 5.69 Å². The van der Waals surface area contributed by atoms with E-state index in [0.717, 1.165) is 5.69 Å². The van der Waals surface area contributed by atoms with Crippen LogP contribution in [0.3, 0.4) is 0 Å². The Bertz CT molecular complexity index is 846. The van der Waals surface area contributed by atoms with E-state index in [2.05, 4.69) is 10.3 Å². The number of carboxylic acids is 1. The van der Waals surface area contributed by atoms with Gasteiger partial charge in [-0.3, -0.25) is 14.4 Å². The zero-order chi connectivity index (χ0) is 17.6. The third-order valence-corrected chi connectivity index (χ3v) is 5.07. The van der Waals surface area contributed by atoms with Crippen LogP contribution in [0.4, 0.5) is 0 Å². The number of amides is 2. The number of carbonyl (C=O) groups is 3. The molecule has 4 rings (SSSR count). The van der Waals surface area contributed by atoms with Gasteiger partial charge in [-0.15, -0.1) is 0 Å². The molecule has 2 amide bonds. The number of aromatic nitrogens is 2. The molecule has 1 aromatic heterocycles. The highest BCUT2D eigenvalue weighted by atomic mass is 16.4. The average molecular weight is 340 g/mol. The van der Waals surface area contributed by atoms with Gasteiger partial charge in [0.25, 0.3) is 5.91 Å². The van der Waals surface area contributed by atoms with E-state index in [-0.39, 0.29) is 31.4 Å². The maximum atomic E-state index is 12.7. The second-order valence-corrected chi connectivity index (χ2v) is 6.43. The SMILES string of the molecule is O=C1NC[C@]2(C(=O)O)CN(C(=O)c3ccc(-n4ccnc4)cc3)C[C@H]12. The van der Waals surface area contributed by atoms with Crippen LogP contribution in [0.25, 0.3) is 5.69 Å². The van der Waals surface area contributed by atoms with Crippen molar-refractivity contribution in [2.24, 2.45) is 11.3 Å². The van der Waals surface area contributed by atoms with Crippen molar-refractivity contribution >= 4 is 17.8 Å². The van der Waals surface area contributed by atoms with Crippen LogP contribution in [0, 0.1) is 11.3 Å². The van der Waals surface area contributed by atoms with Crippen molar-refractivity contribution in [2.45, 2.75) is 0 Å². The molecule has 2 atom stereocenters. The molecule has 0 bridgehead atoms. The molecular weight excluding hydrogens is 324 g/mol. The summed E-state index contributed by atoms with van der Waals surface area (Å²) in [6.07, 6.45) is 5.12. The molecule has 2 aromatic rings. The number of imidazole rings is 1. The van der Waals surface area contributed by atoms with Crippen LogP contribution in [0.5, 0.6) is 0 Å². The molecule has 2 aliphatic heterocycles. The molecule has 2 saturated heterocycles. The van der Waals surface area contributed by atoms with Gasteiger partial charge in [0, 0.05) is 43.3 Å². The van der Waals surface area contributed by atoms with Crippen molar-refractivity contribution in [3.63, 3.8) is 0 Å². The molecule has 0 unspecified atom stereocenters. The lowest BCUT2D eigenvalue weighted by molar-refractivity contribution is -0.149. The van der Waals surface area contributed by atoms with Crippen molar-refractivity contribution in [1.29, 1.82) is 0 Å². The van der Waals surface area contributed by atoms with E-state index in [1.807, 2.05) is 4.57 Å². The molecule has 0 spiro atoms. The first kappa shape index (κ1) is 15.4. The first-order valence-electron chi connectivity index (χ1n) is 7.90. The third-order valence-electron chi connectivity index (χ3n) is 5.07. The van der Waals surface area contributed by atoms with Crippen molar-refractivity contribution in [3.05, 3.63) is 48.5 Å². The molecule has 8 nitrogen and oxygen atoms in total. The van der Waals surface area contributed by atoms with Gasteiger partial charge >= 0.3 is 5.97 Å².